The quantitative estimate of drug-likeness (QED) is 0.335. The van der Waals surface area contributed by atoms with Crippen LogP contribution in [0.1, 0.15) is 33.6 Å². The van der Waals surface area contributed by atoms with Crippen molar-refractivity contribution in [3.63, 3.8) is 0 Å². The highest BCUT2D eigenvalue weighted by Gasteiger charge is 2.36. The van der Waals surface area contributed by atoms with Gasteiger partial charge in [0.2, 0.25) is 0 Å². The molecule has 3 aromatic rings. The monoisotopic (exact) mass is 522 g/mol. The highest BCUT2D eigenvalue weighted by molar-refractivity contribution is 5.75. The van der Waals surface area contributed by atoms with E-state index in [2.05, 4.69) is 4.98 Å². The number of methoxy groups -OCH3 is 1. The first-order chi connectivity index (χ1) is 18.2. The lowest BCUT2D eigenvalue weighted by molar-refractivity contribution is -0.161. The maximum Gasteiger partial charge on any atom is 0.332 e. The molecule has 2 aromatic carbocycles. The highest BCUT2D eigenvalue weighted by Crippen LogP contribution is 2.36. The van der Waals surface area contributed by atoms with Crippen LogP contribution in [0.5, 0.6) is 5.75 Å². The van der Waals surface area contributed by atoms with Gasteiger partial charge >= 0.3 is 5.97 Å². The molecule has 0 saturated carbocycles. The second-order valence-electron chi connectivity index (χ2n) is 10.3. The summed E-state index contributed by atoms with van der Waals surface area (Å²) in [6.07, 6.45) is 3.92. The number of benzene rings is 2. The van der Waals surface area contributed by atoms with Gasteiger partial charge in [0.25, 0.3) is 0 Å². The van der Waals surface area contributed by atoms with E-state index >= 15 is 4.39 Å². The lowest BCUT2D eigenvalue weighted by atomic mass is 9.94. The van der Waals surface area contributed by atoms with Gasteiger partial charge in [0.05, 0.1) is 31.8 Å². The summed E-state index contributed by atoms with van der Waals surface area (Å²) in [5.74, 6) is 1.55. The summed E-state index contributed by atoms with van der Waals surface area (Å²) < 4.78 is 31.4. The normalized spacial score (nSPS) is 15.1. The number of hydrogen-bond acceptors (Lipinski definition) is 8. The minimum Gasteiger partial charge on any atom is -0.497 e. The molecule has 38 heavy (non-hydrogen) atoms. The fraction of sp³-hybridized carbons (Fsp3) is 0.414. The highest BCUT2D eigenvalue weighted by atomic mass is 19.1. The molecule has 1 fully saturated rings. The molecule has 202 valence electrons. The van der Waals surface area contributed by atoms with Gasteiger partial charge in [0.15, 0.2) is 5.82 Å². The van der Waals surface area contributed by atoms with Gasteiger partial charge in [-0.15, -0.1) is 0 Å². The van der Waals surface area contributed by atoms with Crippen molar-refractivity contribution >= 4 is 29.0 Å². The maximum absolute atomic E-state index is 15.4. The Hall–Kier alpha value is -3.72. The van der Waals surface area contributed by atoms with Gasteiger partial charge in [-0.25, -0.2) is 14.2 Å². The van der Waals surface area contributed by atoms with Gasteiger partial charge in [0.1, 0.15) is 29.4 Å². The number of ether oxygens (including phenoxy) is 3. The first-order valence-corrected chi connectivity index (χ1v) is 12.7. The van der Waals surface area contributed by atoms with Gasteiger partial charge in [-0.1, -0.05) is 24.3 Å². The summed E-state index contributed by atoms with van der Waals surface area (Å²) in [4.78, 5) is 25.3. The van der Waals surface area contributed by atoms with Crippen molar-refractivity contribution in [2.45, 2.75) is 44.9 Å². The third-order valence-electron chi connectivity index (χ3n) is 6.15. The molecule has 0 radical (unpaired) electrons. The van der Waals surface area contributed by atoms with E-state index in [0.717, 1.165) is 17.1 Å². The lowest BCUT2D eigenvalue weighted by Crippen LogP contribution is -2.45. The van der Waals surface area contributed by atoms with E-state index < -0.39 is 17.2 Å². The zero-order valence-electron chi connectivity index (χ0n) is 22.4. The number of alkyl halides is 1. The smallest absolute Gasteiger partial charge is 0.332 e. The number of hydrogen-bond donors (Lipinski definition) is 0. The molecule has 0 N–H and O–H groups in total. The van der Waals surface area contributed by atoms with Crippen molar-refractivity contribution in [3.05, 3.63) is 67.0 Å². The lowest BCUT2D eigenvalue weighted by Gasteiger charge is -2.37. The van der Waals surface area contributed by atoms with Crippen LogP contribution in [0.25, 0.3) is 0 Å². The number of para-hydroxylation sites is 1. The van der Waals surface area contributed by atoms with Gasteiger partial charge in [0, 0.05) is 37.7 Å². The Kier molecular flexibility index (Phi) is 8.46. The zero-order valence-corrected chi connectivity index (χ0v) is 22.4. The molecule has 1 aliphatic rings. The van der Waals surface area contributed by atoms with Crippen molar-refractivity contribution < 1.29 is 23.4 Å². The SMILES string of the molecule is COc1cccc(N(c2ccccc2)c2cncc(N3CCC(F)(COCC(=O)OC(C)(C)C)CC3)n2)c1. The Morgan fingerprint density at radius 1 is 1.05 bits per heavy atom. The summed E-state index contributed by atoms with van der Waals surface area (Å²) in [6.45, 7) is 5.84. The second kappa shape index (κ2) is 11.8. The van der Waals surface area contributed by atoms with Crippen LogP contribution in [-0.4, -0.2) is 60.6 Å². The molecular weight excluding hydrogens is 487 g/mol. The number of esters is 1. The Labute approximate surface area is 223 Å². The Bertz CT molecular complexity index is 1210. The number of piperidine rings is 1. The van der Waals surface area contributed by atoms with Gasteiger partial charge in [-0.2, -0.15) is 0 Å². The van der Waals surface area contributed by atoms with E-state index in [1.807, 2.05) is 64.4 Å². The van der Waals surface area contributed by atoms with Crippen LogP contribution < -0.4 is 14.5 Å². The van der Waals surface area contributed by atoms with E-state index in [1.165, 1.54) is 0 Å². The predicted molar refractivity (Wildman–Crippen MR) is 145 cm³/mol. The summed E-state index contributed by atoms with van der Waals surface area (Å²) in [6, 6.07) is 17.7. The van der Waals surface area contributed by atoms with Crippen LogP contribution in [-0.2, 0) is 14.3 Å². The molecule has 4 rings (SSSR count). The minimum absolute atomic E-state index is 0.149. The third-order valence-corrected chi connectivity index (χ3v) is 6.15. The van der Waals surface area contributed by atoms with E-state index in [4.69, 9.17) is 19.2 Å². The first kappa shape index (κ1) is 27.3. The molecule has 0 amide bonds. The molecule has 2 heterocycles. The average Bonchev–Trinajstić information content (AvgIpc) is 2.89. The fourth-order valence-corrected chi connectivity index (χ4v) is 4.32. The second-order valence-corrected chi connectivity index (χ2v) is 10.3. The van der Waals surface area contributed by atoms with Crippen LogP contribution >= 0.6 is 0 Å². The topological polar surface area (TPSA) is 77.0 Å². The standard InChI is InChI=1S/C29H35FN4O4/c1-28(2,3)38-27(35)20-37-21-29(30)13-15-33(16-14-29)25-18-31-19-26(32-25)34(22-9-6-5-7-10-22)23-11-8-12-24(17-23)36-4/h5-12,17-19H,13-16,20-21H2,1-4H3. The molecule has 1 aliphatic heterocycles. The van der Waals surface area contributed by atoms with Crippen LogP contribution in [0.15, 0.2) is 67.0 Å². The predicted octanol–water partition coefficient (Wildman–Crippen LogP) is 5.62. The summed E-state index contributed by atoms with van der Waals surface area (Å²) in [5.41, 5.74) is -0.307. The number of halogens is 1. The summed E-state index contributed by atoms with van der Waals surface area (Å²) in [7, 11) is 1.64. The molecule has 8 nitrogen and oxygen atoms in total. The van der Waals surface area contributed by atoms with Gasteiger partial charge in [-0.05, 0) is 45.0 Å². The number of carbonyl (C=O) groups excluding carboxylic acids is 1. The Balaban J connectivity index is 1.45. The third kappa shape index (κ3) is 7.19. The first-order valence-electron chi connectivity index (χ1n) is 12.7. The Morgan fingerprint density at radius 2 is 1.76 bits per heavy atom. The molecular formula is C29H35FN4O4. The van der Waals surface area contributed by atoms with Crippen LogP contribution in [0.2, 0.25) is 0 Å². The Morgan fingerprint density at radius 3 is 2.45 bits per heavy atom. The molecule has 9 heteroatoms. The molecule has 0 unspecified atom stereocenters. The number of rotatable bonds is 9. The van der Waals surface area contributed by atoms with E-state index in [-0.39, 0.29) is 26.1 Å². The molecule has 0 spiro atoms. The largest absolute Gasteiger partial charge is 0.497 e. The van der Waals surface area contributed by atoms with E-state index in [9.17, 15) is 4.79 Å². The van der Waals surface area contributed by atoms with Crippen molar-refractivity contribution in [2.24, 2.45) is 0 Å². The van der Waals surface area contributed by atoms with E-state index in [0.29, 0.717) is 24.7 Å². The maximum atomic E-state index is 15.4. The minimum atomic E-state index is -1.51. The van der Waals surface area contributed by atoms with Crippen LogP contribution in [0, 0.1) is 0 Å². The number of carbonyl (C=O) groups is 1. The van der Waals surface area contributed by atoms with Crippen molar-refractivity contribution in [1.82, 2.24) is 9.97 Å². The number of aromatic nitrogens is 2. The molecule has 1 aromatic heterocycles. The number of anilines is 4. The average molecular weight is 523 g/mol. The number of nitrogens with zero attached hydrogens (tertiary/aromatic N) is 4. The summed E-state index contributed by atoms with van der Waals surface area (Å²) >= 11 is 0. The zero-order chi connectivity index (χ0) is 27.2. The molecule has 0 atom stereocenters. The molecule has 1 saturated heterocycles. The van der Waals surface area contributed by atoms with Crippen molar-refractivity contribution in [1.29, 1.82) is 0 Å². The fourth-order valence-electron chi connectivity index (χ4n) is 4.32. The van der Waals surface area contributed by atoms with Crippen LogP contribution in [0.3, 0.4) is 0 Å². The van der Waals surface area contributed by atoms with Gasteiger partial charge in [-0.3, -0.25) is 9.88 Å². The van der Waals surface area contributed by atoms with E-state index in [1.54, 1.807) is 40.3 Å². The van der Waals surface area contributed by atoms with Crippen LogP contribution in [0.4, 0.5) is 27.4 Å². The van der Waals surface area contributed by atoms with Gasteiger partial charge < -0.3 is 19.1 Å². The molecule has 0 bridgehead atoms. The molecule has 0 aliphatic carbocycles. The van der Waals surface area contributed by atoms with Crippen molar-refractivity contribution in [2.75, 3.05) is 43.2 Å². The van der Waals surface area contributed by atoms with Crippen molar-refractivity contribution in [3.8, 4) is 5.75 Å². The summed E-state index contributed by atoms with van der Waals surface area (Å²) in [5, 5.41) is 0.